The fourth-order valence-electron chi connectivity index (χ4n) is 1.07. The lowest BCUT2D eigenvalue weighted by atomic mass is 10.3. The predicted molar refractivity (Wildman–Crippen MR) is 56.7 cm³/mol. The number of carboxylic acids is 1. The molecule has 0 unspecified atom stereocenters. The normalized spacial score (nSPS) is 10.7. The molecule has 0 aliphatic carbocycles. The Morgan fingerprint density at radius 2 is 2.07 bits per heavy atom. The molecule has 0 aromatic carbocycles. The second-order valence-electron chi connectivity index (χ2n) is 3.40. The summed E-state index contributed by atoms with van der Waals surface area (Å²) in [5.74, 6) is -1.19. The van der Waals surface area contributed by atoms with Crippen molar-refractivity contribution < 1.29 is 14.7 Å². The summed E-state index contributed by atoms with van der Waals surface area (Å²) in [5.41, 5.74) is 0.398. The second kappa shape index (κ2) is 4.50. The summed E-state index contributed by atoms with van der Waals surface area (Å²) < 4.78 is 0. The standard InChI is InChI=1S/C9H12N2O3S/c1-5-7(9(13)14)15-8(10-5)6(12)4-11(2)3/h4H2,1-3H3,(H,13,14). The van der Waals surface area contributed by atoms with Crippen LogP contribution in [-0.4, -0.2) is 47.4 Å². The maximum absolute atomic E-state index is 11.6. The van der Waals surface area contributed by atoms with Gasteiger partial charge in [0.05, 0.1) is 12.2 Å². The van der Waals surface area contributed by atoms with E-state index in [1.165, 1.54) is 0 Å². The molecule has 0 amide bonds. The molecule has 1 heterocycles. The van der Waals surface area contributed by atoms with E-state index in [1.807, 2.05) is 0 Å². The van der Waals surface area contributed by atoms with Crippen molar-refractivity contribution in [3.05, 3.63) is 15.6 Å². The molecule has 0 saturated heterocycles. The van der Waals surface area contributed by atoms with E-state index in [0.29, 0.717) is 5.69 Å². The largest absolute Gasteiger partial charge is 0.477 e. The maximum Gasteiger partial charge on any atom is 0.347 e. The van der Waals surface area contributed by atoms with E-state index >= 15 is 0 Å². The third kappa shape index (κ3) is 2.84. The zero-order valence-corrected chi connectivity index (χ0v) is 9.59. The van der Waals surface area contributed by atoms with Crippen LogP contribution in [0.25, 0.3) is 0 Å². The Hall–Kier alpha value is -1.27. The molecular weight excluding hydrogens is 216 g/mol. The molecule has 82 valence electrons. The van der Waals surface area contributed by atoms with Gasteiger partial charge in [0.1, 0.15) is 4.88 Å². The molecule has 0 aliphatic rings. The predicted octanol–water partition coefficient (Wildman–Crippen LogP) is 0.894. The summed E-state index contributed by atoms with van der Waals surface area (Å²) in [6, 6.07) is 0. The molecular formula is C9H12N2O3S. The van der Waals surface area contributed by atoms with Gasteiger partial charge in [-0.2, -0.15) is 0 Å². The third-order valence-corrected chi connectivity index (χ3v) is 2.88. The van der Waals surface area contributed by atoms with Gasteiger partial charge in [-0.25, -0.2) is 9.78 Å². The molecule has 0 atom stereocenters. The molecule has 0 aliphatic heterocycles. The summed E-state index contributed by atoms with van der Waals surface area (Å²) in [4.78, 5) is 28.1. The fraction of sp³-hybridized carbons (Fsp3) is 0.444. The fourth-order valence-corrected chi connectivity index (χ4v) is 1.90. The Morgan fingerprint density at radius 3 is 2.47 bits per heavy atom. The quantitative estimate of drug-likeness (QED) is 0.775. The van der Waals surface area contributed by atoms with Crippen molar-refractivity contribution in [3.8, 4) is 0 Å². The summed E-state index contributed by atoms with van der Waals surface area (Å²) >= 11 is 0.931. The topological polar surface area (TPSA) is 70.5 Å². The number of thiazole rings is 1. The number of ketones is 1. The van der Waals surface area contributed by atoms with E-state index in [2.05, 4.69) is 4.98 Å². The van der Waals surface area contributed by atoms with Gasteiger partial charge in [-0.15, -0.1) is 11.3 Å². The number of likely N-dealkylation sites (N-methyl/N-ethyl adjacent to an activating group) is 1. The van der Waals surface area contributed by atoms with Gasteiger partial charge in [0.15, 0.2) is 5.01 Å². The van der Waals surface area contributed by atoms with Gasteiger partial charge < -0.3 is 10.0 Å². The van der Waals surface area contributed by atoms with Gasteiger partial charge in [0.2, 0.25) is 5.78 Å². The number of aryl methyl sites for hydroxylation is 1. The lowest BCUT2D eigenvalue weighted by Crippen LogP contribution is -2.21. The van der Waals surface area contributed by atoms with Gasteiger partial charge in [-0.1, -0.05) is 0 Å². The number of aromatic nitrogens is 1. The van der Waals surface area contributed by atoms with Crippen LogP contribution >= 0.6 is 11.3 Å². The molecule has 0 spiro atoms. The van der Waals surface area contributed by atoms with E-state index in [9.17, 15) is 9.59 Å². The van der Waals surface area contributed by atoms with Gasteiger partial charge in [-0.05, 0) is 21.0 Å². The van der Waals surface area contributed by atoms with E-state index in [0.717, 1.165) is 11.3 Å². The maximum atomic E-state index is 11.6. The summed E-state index contributed by atoms with van der Waals surface area (Å²) in [6.07, 6.45) is 0. The first kappa shape index (κ1) is 11.8. The van der Waals surface area contributed by atoms with Crippen molar-refractivity contribution in [2.75, 3.05) is 20.6 Å². The van der Waals surface area contributed by atoms with Crippen molar-refractivity contribution in [1.82, 2.24) is 9.88 Å². The number of carboxylic acid groups (broad SMARTS) is 1. The first-order valence-electron chi connectivity index (χ1n) is 4.30. The molecule has 0 radical (unpaired) electrons. The van der Waals surface area contributed by atoms with Crippen molar-refractivity contribution in [2.24, 2.45) is 0 Å². The molecule has 1 aromatic heterocycles. The highest BCUT2D eigenvalue weighted by molar-refractivity contribution is 7.15. The van der Waals surface area contributed by atoms with Crippen molar-refractivity contribution >= 4 is 23.1 Å². The number of Topliss-reactive ketones (excluding diaryl/α,β-unsaturated/α-hetero) is 1. The molecule has 1 rings (SSSR count). The Kier molecular flexibility index (Phi) is 3.54. The molecule has 1 aromatic rings. The van der Waals surface area contributed by atoms with Gasteiger partial charge >= 0.3 is 5.97 Å². The minimum absolute atomic E-state index is 0.136. The zero-order chi connectivity index (χ0) is 11.6. The van der Waals surface area contributed by atoms with Crippen LogP contribution in [0, 0.1) is 6.92 Å². The molecule has 5 nitrogen and oxygen atoms in total. The molecule has 6 heteroatoms. The number of hydrogen-bond acceptors (Lipinski definition) is 5. The number of hydrogen-bond donors (Lipinski definition) is 1. The van der Waals surface area contributed by atoms with Crippen LogP contribution in [0.2, 0.25) is 0 Å². The minimum Gasteiger partial charge on any atom is -0.477 e. The SMILES string of the molecule is Cc1nc(C(=O)CN(C)C)sc1C(=O)O. The van der Waals surface area contributed by atoms with E-state index in [-0.39, 0.29) is 22.2 Å². The average Bonchev–Trinajstić information content (AvgIpc) is 2.46. The van der Waals surface area contributed by atoms with Crippen molar-refractivity contribution in [3.63, 3.8) is 0 Å². The lowest BCUT2D eigenvalue weighted by Gasteiger charge is -2.05. The van der Waals surface area contributed by atoms with Crippen LogP contribution in [0.4, 0.5) is 0 Å². The highest BCUT2D eigenvalue weighted by Gasteiger charge is 2.18. The molecule has 0 fully saturated rings. The van der Waals surface area contributed by atoms with Crippen LogP contribution in [0.1, 0.15) is 25.2 Å². The number of aromatic carboxylic acids is 1. The van der Waals surface area contributed by atoms with Crippen molar-refractivity contribution in [1.29, 1.82) is 0 Å². The summed E-state index contributed by atoms with van der Waals surface area (Å²) in [7, 11) is 3.55. The second-order valence-corrected chi connectivity index (χ2v) is 4.40. The number of carbonyl (C=O) groups excluding carboxylic acids is 1. The first-order valence-corrected chi connectivity index (χ1v) is 5.12. The Balaban J connectivity index is 2.92. The van der Waals surface area contributed by atoms with Gasteiger partial charge in [0, 0.05) is 0 Å². The highest BCUT2D eigenvalue weighted by atomic mass is 32.1. The number of rotatable bonds is 4. The van der Waals surface area contributed by atoms with Crippen LogP contribution in [-0.2, 0) is 0 Å². The third-order valence-electron chi connectivity index (χ3n) is 1.69. The highest BCUT2D eigenvalue weighted by Crippen LogP contribution is 2.18. The summed E-state index contributed by atoms with van der Waals surface area (Å²) in [6.45, 7) is 1.83. The van der Waals surface area contributed by atoms with E-state index < -0.39 is 5.97 Å². The van der Waals surface area contributed by atoms with E-state index in [4.69, 9.17) is 5.11 Å². The Morgan fingerprint density at radius 1 is 1.47 bits per heavy atom. The van der Waals surface area contributed by atoms with Crippen LogP contribution in [0.3, 0.4) is 0 Å². The first-order chi connectivity index (χ1) is 6.91. The zero-order valence-electron chi connectivity index (χ0n) is 8.77. The Bertz CT molecular complexity index is 398. The molecule has 1 N–H and O–H groups in total. The van der Waals surface area contributed by atoms with Crippen LogP contribution < -0.4 is 0 Å². The van der Waals surface area contributed by atoms with Crippen LogP contribution in [0.5, 0.6) is 0 Å². The molecule has 0 bridgehead atoms. The molecule has 15 heavy (non-hydrogen) atoms. The van der Waals surface area contributed by atoms with Gasteiger partial charge in [-0.3, -0.25) is 4.79 Å². The summed E-state index contributed by atoms with van der Waals surface area (Å²) in [5, 5.41) is 9.05. The number of nitrogens with zero attached hydrogens (tertiary/aromatic N) is 2. The monoisotopic (exact) mass is 228 g/mol. The minimum atomic E-state index is -1.03. The van der Waals surface area contributed by atoms with Crippen LogP contribution in [0.15, 0.2) is 0 Å². The van der Waals surface area contributed by atoms with E-state index in [1.54, 1.807) is 25.9 Å². The average molecular weight is 228 g/mol. The van der Waals surface area contributed by atoms with Gasteiger partial charge in [0.25, 0.3) is 0 Å². The molecule has 0 saturated carbocycles. The number of carbonyl (C=O) groups is 2. The van der Waals surface area contributed by atoms with Crippen molar-refractivity contribution in [2.45, 2.75) is 6.92 Å². The lowest BCUT2D eigenvalue weighted by molar-refractivity contribution is 0.0701. The smallest absolute Gasteiger partial charge is 0.347 e. The Labute approximate surface area is 91.4 Å².